The van der Waals surface area contributed by atoms with E-state index in [1.165, 1.54) is 30.4 Å². The third-order valence-electron chi connectivity index (χ3n) is 4.91. The Hall–Kier alpha value is -1.35. The number of aliphatic hydroxyl groups excluding tert-OH is 1. The van der Waals surface area contributed by atoms with E-state index in [9.17, 15) is 4.79 Å². The first kappa shape index (κ1) is 14.6. The van der Waals surface area contributed by atoms with Gasteiger partial charge in [0.05, 0.1) is 6.42 Å². The van der Waals surface area contributed by atoms with Crippen LogP contribution in [0.1, 0.15) is 48.8 Å². The van der Waals surface area contributed by atoms with Gasteiger partial charge in [-0.1, -0.05) is 18.2 Å². The molecule has 0 radical (unpaired) electrons. The summed E-state index contributed by atoms with van der Waals surface area (Å²) in [6.07, 6.45) is 8.08. The van der Waals surface area contributed by atoms with Crippen LogP contribution in [0.3, 0.4) is 0 Å². The number of nitrogens with zero attached hydrogens (tertiary/aromatic N) is 1. The van der Waals surface area contributed by atoms with Gasteiger partial charge in [0.2, 0.25) is 5.91 Å². The highest BCUT2D eigenvalue weighted by atomic mass is 16.3. The van der Waals surface area contributed by atoms with E-state index in [0.717, 1.165) is 37.8 Å². The summed E-state index contributed by atoms with van der Waals surface area (Å²) in [5.41, 5.74) is 4.07. The normalized spacial score (nSPS) is 20.8. The second kappa shape index (κ2) is 6.61. The number of likely N-dealkylation sites (tertiary alicyclic amines) is 1. The molecule has 0 bridgehead atoms. The molecular weight excluding hydrogens is 262 g/mol. The Morgan fingerprint density at radius 3 is 2.95 bits per heavy atom. The Labute approximate surface area is 127 Å². The number of carbonyl (C=O) groups excluding carboxylic acids is 1. The van der Waals surface area contributed by atoms with Crippen molar-refractivity contribution in [1.82, 2.24) is 4.90 Å². The Bertz CT molecular complexity index is 512. The zero-order valence-electron chi connectivity index (χ0n) is 12.7. The van der Waals surface area contributed by atoms with Gasteiger partial charge in [-0.3, -0.25) is 4.79 Å². The zero-order chi connectivity index (χ0) is 14.7. The topological polar surface area (TPSA) is 40.5 Å². The average Bonchev–Trinajstić information content (AvgIpc) is 3.13. The number of amides is 1. The molecule has 1 amide bonds. The van der Waals surface area contributed by atoms with E-state index >= 15 is 0 Å². The van der Waals surface area contributed by atoms with Crippen LogP contribution in [-0.4, -0.2) is 35.1 Å². The summed E-state index contributed by atoms with van der Waals surface area (Å²) >= 11 is 0. The van der Waals surface area contributed by atoms with Crippen molar-refractivity contribution in [2.24, 2.45) is 0 Å². The predicted molar refractivity (Wildman–Crippen MR) is 83.2 cm³/mol. The average molecular weight is 287 g/mol. The van der Waals surface area contributed by atoms with Gasteiger partial charge in [0.1, 0.15) is 0 Å². The van der Waals surface area contributed by atoms with Crippen LogP contribution >= 0.6 is 0 Å². The van der Waals surface area contributed by atoms with Gasteiger partial charge < -0.3 is 10.0 Å². The number of hydrogen-bond donors (Lipinski definition) is 1. The predicted octanol–water partition coefficient (Wildman–Crippen LogP) is 2.48. The van der Waals surface area contributed by atoms with Crippen LogP contribution < -0.4 is 0 Å². The Morgan fingerprint density at radius 2 is 2.10 bits per heavy atom. The number of hydrogen-bond acceptors (Lipinski definition) is 2. The van der Waals surface area contributed by atoms with E-state index in [1.54, 1.807) is 0 Å². The van der Waals surface area contributed by atoms with Crippen LogP contribution in [0.5, 0.6) is 0 Å². The van der Waals surface area contributed by atoms with Crippen molar-refractivity contribution in [3.63, 3.8) is 0 Å². The SMILES string of the molecule is O=C(Cc1ccc2c(c1)CCC2)N1CCCC1CCCO. The van der Waals surface area contributed by atoms with E-state index in [4.69, 9.17) is 5.11 Å². The number of fused-ring (bicyclic) bond motifs is 1. The molecule has 1 aliphatic heterocycles. The van der Waals surface area contributed by atoms with Gasteiger partial charge in [0, 0.05) is 19.2 Å². The fourth-order valence-electron chi connectivity index (χ4n) is 3.80. The summed E-state index contributed by atoms with van der Waals surface area (Å²) in [4.78, 5) is 14.6. The van der Waals surface area contributed by atoms with Crippen LogP contribution in [0.25, 0.3) is 0 Å². The molecule has 1 N–H and O–H groups in total. The lowest BCUT2D eigenvalue weighted by Crippen LogP contribution is -2.36. The Kier molecular flexibility index (Phi) is 4.59. The van der Waals surface area contributed by atoms with Gasteiger partial charge in [0.15, 0.2) is 0 Å². The zero-order valence-corrected chi connectivity index (χ0v) is 12.7. The summed E-state index contributed by atoms with van der Waals surface area (Å²) in [5, 5.41) is 8.97. The first-order chi connectivity index (χ1) is 10.3. The fraction of sp³-hybridized carbons (Fsp3) is 0.611. The van der Waals surface area contributed by atoms with E-state index < -0.39 is 0 Å². The van der Waals surface area contributed by atoms with E-state index in [-0.39, 0.29) is 12.5 Å². The molecule has 1 atom stereocenters. The number of aryl methyl sites for hydroxylation is 2. The molecule has 1 unspecified atom stereocenters. The van der Waals surface area contributed by atoms with Crippen LogP contribution in [0.15, 0.2) is 18.2 Å². The quantitative estimate of drug-likeness (QED) is 0.904. The van der Waals surface area contributed by atoms with Gasteiger partial charge >= 0.3 is 0 Å². The van der Waals surface area contributed by atoms with E-state index in [2.05, 4.69) is 18.2 Å². The molecule has 1 fully saturated rings. The van der Waals surface area contributed by atoms with Gasteiger partial charge in [-0.05, 0) is 61.6 Å². The first-order valence-corrected chi connectivity index (χ1v) is 8.29. The van der Waals surface area contributed by atoms with Gasteiger partial charge in [-0.15, -0.1) is 0 Å². The van der Waals surface area contributed by atoms with Crippen molar-refractivity contribution in [3.05, 3.63) is 34.9 Å². The minimum Gasteiger partial charge on any atom is -0.396 e. The second-order valence-electron chi connectivity index (χ2n) is 6.38. The van der Waals surface area contributed by atoms with Crippen molar-refractivity contribution in [3.8, 4) is 0 Å². The minimum absolute atomic E-state index is 0.226. The van der Waals surface area contributed by atoms with Crippen molar-refractivity contribution < 1.29 is 9.90 Å². The van der Waals surface area contributed by atoms with Crippen LogP contribution in [0.2, 0.25) is 0 Å². The van der Waals surface area contributed by atoms with Crippen LogP contribution in [0.4, 0.5) is 0 Å². The highest BCUT2D eigenvalue weighted by Gasteiger charge is 2.28. The molecule has 1 aromatic carbocycles. The van der Waals surface area contributed by atoms with E-state index in [1.807, 2.05) is 4.90 Å². The molecule has 1 aromatic rings. The molecule has 114 valence electrons. The van der Waals surface area contributed by atoms with Gasteiger partial charge in [0.25, 0.3) is 0 Å². The fourth-order valence-corrected chi connectivity index (χ4v) is 3.80. The highest BCUT2D eigenvalue weighted by Crippen LogP contribution is 2.25. The van der Waals surface area contributed by atoms with Crippen molar-refractivity contribution in [2.45, 2.75) is 57.4 Å². The summed E-state index contributed by atoms with van der Waals surface area (Å²) in [6.45, 7) is 1.11. The summed E-state index contributed by atoms with van der Waals surface area (Å²) in [7, 11) is 0. The maximum atomic E-state index is 12.6. The maximum absolute atomic E-state index is 12.6. The van der Waals surface area contributed by atoms with Crippen molar-refractivity contribution in [2.75, 3.05) is 13.2 Å². The van der Waals surface area contributed by atoms with Crippen LogP contribution in [-0.2, 0) is 24.1 Å². The lowest BCUT2D eigenvalue weighted by Gasteiger charge is -2.24. The molecule has 1 aliphatic carbocycles. The monoisotopic (exact) mass is 287 g/mol. The third kappa shape index (κ3) is 3.29. The largest absolute Gasteiger partial charge is 0.396 e. The second-order valence-corrected chi connectivity index (χ2v) is 6.38. The molecule has 1 saturated heterocycles. The molecule has 0 aromatic heterocycles. The third-order valence-corrected chi connectivity index (χ3v) is 4.91. The highest BCUT2D eigenvalue weighted by molar-refractivity contribution is 5.79. The Morgan fingerprint density at radius 1 is 1.24 bits per heavy atom. The molecule has 2 aliphatic rings. The summed E-state index contributed by atoms with van der Waals surface area (Å²) < 4.78 is 0. The maximum Gasteiger partial charge on any atom is 0.227 e. The number of benzene rings is 1. The molecule has 0 spiro atoms. The summed E-state index contributed by atoms with van der Waals surface area (Å²) in [6, 6.07) is 6.91. The molecule has 3 heteroatoms. The molecule has 21 heavy (non-hydrogen) atoms. The van der Waals surface area contributed by atoms with E-state index in [0.29, 0.717) is 12.5 Å². The molecule has 1 heterocycles. The molecular formula is C18H25NO2. The summed E-state index contributed by atoms with van der Waals surface area (Å²) in [5.74, 6) is 0.258. The first-order valence-electron chi connectivity index (χ1n) is 8.29. The molecule has 0 saturated carbocycles. The number of aliphatic hydroxyl groups is 1. The van der Waals surface area contributed by atoms with Crippen LogP contribution in [0, 0.1) is 0 Å². The lowest BCUT2D eigenvalue weighted by atomic mass is 10.0. The van der Waals surface area contributed by atoms with Crippen molar-refractivity contribution >= 4 is 5.91 Å². The minimum atomic E-state index is 0.226. The molecule has 3 rings (SSSR count). The number of carbonyl (C=O) groups is 1. The van der Waals surface area contributed by atoms with Gasteiger partial charge in [-0.25, -0.2) is 0 Å². The Balaban J connectivity index is 1.63. The van der Waals surface area contributed by atoms with Gasteiger partial charge in [-0.2, -0.15) is 0 Å². The number of rotatable bonds is 5. The smallest absolute Gasteiger partial charge is 0.227 e. The lowest BCUT2D eigenvalue weighted by molar-refractivity contribution is -0.131. The molecule has 3 nitrogen and oxygen atoms in total. The standard InChI is InChI=1S/C18H25NO2/c20-11-3-7-17-6-2-10-19(17)18(21)13-14-8-9-15-4-1-5-16(15)12-14/h8-9,12,17,20H,1-7,10-11,13H2. The van der Waals surface area contributed by atoms with Crippen molar-refractivity contribution in [1.29, 1.82) is 0 Å².